The van der Waals surface area contributed by atoms with Crippen molar-refractivity contribution in [1.82, 2.24) is 0 Å². The van der Waals surface area contributed by atoms with Gasteiger partial charge < -0.3 is 14.7 Å². The van der Waals surface area contributed by atoms with E-state index in [0.717, 1.165) is 57.6 Å². The molecule has 0 aromatic heterocycles. The molecule has 3 heteroatoms. The molecule has 12 aromatic carbocycles. The lowest BCUT2D eigenvalue weighted by Gasteiger charge is -2.35. The molecule has 14 rings (SSSR count). The second kappa shape index (κ2) is 22.1. The Bertz CT molecular complexity index is 4190. The Balaban J connectivity index is 1.09. The summed E-state index contributed by atoms with van der Waals surface area (Å²) in [6, 6.07) is 99.9. The summed E-state index contributed by atoms with van der Waals surface area (Å²) in [6.07, 6.45) is 0.827. The molecule has 87 heavy (non-hydrogen) atoms. The molecule has 12 aromatic rings. The average molecular weight is 1120 g/mol. The lowest BCUT2D eigenvalue weighted by molar-refractivity contribution is 0.777. The molecule has 424 valence electrons. The quantitative estimate of drug-likeness (QED) is 0.114. The van der Waals surface area contributed by atoms with Gasteiger partial charge in [0.2, 0.25) is 0 Å². The molecule has 1 spiro atoms. The molecule has 0 saturated heterocycles. The van der Waals surface area contributed by atoms with Gasteiger partial charge in [-0.15, -0.1) is 0 Å². The topological polar surface area (TPSA) is 9.72 Å². The predicted octanol–water partition coefficient (Wildman–Crippen LogP) is 22.6. The van der Waals surface area contributed by atoms with Gasteiger partial charge in [0.05, 0.1) is 5.41 Å². The van der Waals surface area contributed by atoms with E-state index in [1.165, 1.54) is 111 Å². The minimum atomic E-state index is -0.798. The van der Waals surface area contributed by atoms with Crippen LogP contribution in [0.3, 0.4) is 0 Å². The molecule has 0 N–H and O–H groups in total. The van der Waals surface area contributed by atoms with Crippen LogP contribution in [0.2, 0.25) is 0 Å². The second-order valence-electron chi connectivity index (χ2n) is 24.9. The largest absolute Gasteiger partial charge is 0.310 e. The molecule has 0 bridgehead atoms. The van der Waals surface area contributed by atoms with Crippen LogP contribution in [0.15, 0.2) is 261 Å². The number of aryl methyl sites for hydroxylation is 9. The van der Waals surface area contributed by atoms with E-state index in [1.807, 2.05) is 0 Å². The molecular formula is C84H73N3. The van der Waals surface area contributed by atoms with Crippen molar-refractivity contribution < 1.29 is 0 Å². The maximum absolute atomic E-state index is 2.62. The molecule has 0 radical (unpaired) electrons. The van der Waals surface area contributed by atoms with E-state index in [0.29, 0.717) is 0 Å². The van der Waals surface area contributed by atoms with Crippen LogP contribution < -0.4 is 14.7 Å². The van der Waals surface area contributed by atoms with Crippen molar-refractivity contribution in [2.75, 3.05) is 14.7 Å². The van der Waals surface area contributed by atoms with Crippen molar-refractivity contribution in [3.8, 4) is 22.3 Å². The summed E-state index contributed by atoms with van der Waals surface area (Å²) in [5.74, 6) is 0.131. The highest BCUT2D eigenvalue weighted by atomic mass is 15.2. The molecule has 2 aliphatic rings. The summed E-state index contributed by atoms with van der Waals surface area (Å²) < 4.78 is 0. The van der Waals surface area contributed by atoms with Gasteiger partial charge in [-0.05, 0) is 245 Å². The van der Waals surface area contributed by atoms with Crippen molar-refractivity contribution in [3.63, 3.8) is 0 Å². The first-order valence-corrected chi connectivity index (χ1v) is 30.8. The van der Waals surface area contributed by atoms with Gasteiger partial charge in [0.1, 0.15) is 0 Å². The van der Waals surface area contributed by atoms with Gasteiger partial charge in [-0.2, -0.15) is 0 Å². The van der Waals surface area contributed by atoms with E-state index in [1.54, 1.807) is 0 Å². The Morgan fingerprint density at radius 1 is 0.253 bits per heavy atom. The number of hydrogen-bond donors (Lipinski definition) is 0. The Kier molecular flexibility index (Phi) is 14.0. The van der Waals surface area contributed by atoms with Crippen LogP contribution in [0.4, 0.5) is 51.2 Å². The normalized spacial score (nSPS) is 12.4. The zero-order chi connectivity index (χ0) is 59.7. The van der Waals surface area contributed by atoms with E-state index in [9.17, 15) is 0 Å². The summed E-state index contributed by atoms with van der Waals surface area (Å²) in [5.41, 5.74) is 34.4. The van der Waals surface area contributed by atoms with Crippen molar-refractivity contribution in [2.24, 2.45) is 0 Å². The lowest BCUT2D eigenvalue weighted by Crippen LogP contribution is -2.27. The highest BCUT2D eigenvalue weighted by Crippen LogP contribution is 2.65. The molecule has 0 aliphatic heterocycles. The van der Waals surface area contributed by atoms with Crippen molar-refractivity contribution >= 4 is 51.2 Å². The van der Waals surface area contributed by atoms with Crippen molar-refractivity contribution in [1.29, 1.82) is 0 Å². The van der Waals surface area contributed by atoms with Crippen molar-refractivity contribution in [2.45, 2.75) is 80.1 Å². The fraction of sp³-hybridized carbons (Fsp3) is 0.143. The number of fused-ring (bicyclic) bond motifs is 10. The summed E-state index contributed by atoms with van der Waals surface area (Å²) in [7, 11) is 0. The minimum absolute atomic E-state index is 0.131. The minimum Gasteiger partial charge on any atom is -0.310 e. The maximum Gasteiger partial charge on any atom is 0.0727 e. The van der Waals surface area contributed by atoms with E-state index in [2.05, 4.69) is 338 Å². The smallest absolute Gasteiger partial charge is 0.0727 e. The highest BCUT2D eigenvalue weighted by molar-refractivity contribution is 5.99. The molecule has 0 fully saturated rings. The summed E-state index contributed by atoms with van der Waals surface area (Å²) >= 11 is 0. The number of rotatable bonds is 13. The van der Waals surface area contributed by atoms with Crippen LogP contribution in [0.25, 0.3) is 22.3 Å². The van der Waals surface area contributed by atoms with Gasteiger partial charge in [-0.25, -0.2) is 0 Å². The second-order valence-corrected chi connectivity index (χ2v) is 24.9. The summed E-state index contributed by atoms with van der Waals surface area (Å²) in [6.45, 7) is 19.7. The van der Waals surface area contributed by atoms with Crippen LogP contribution in [0, 0.1) is 62.3 Å². The van der Waals surface area contributed by atoms with Gasteiger partial charge in [0.15, 0.2) is 0 Å². The molecule has 0 atom stereocenters. The molecule has 0 saturated carbocycles. The SMILES string of the molecule is Cc1ccc(C(Cc2ccc3c(c2)C2(c4cc(N(c5ccc(C)cc5)c5ccc(C)cc5)ccc4-c4ccc(N(c5ccc(C)cc5)c5ccc(C)cc5)cc42)c2cc(N(c4ccc(C)cc4)c4ccc(C)cc4)c(C)cc2-3)c2ccc(C)cc2)cc1. The Morgan fingerprint density at radius 2 is 0.529 bits per heavy atom. The fourth-order valence-electron chi connectivity index (χ4n) is 13.8. The van der Waals surface area contributed by atoms with Crippen LogP contribution in [0.5, 0.6) is 0 Å². The summed E-state index contributed by atoms with van der Waals surface area (Å²) in [4.78, 5) is 7.40. The molecular weight excluding hydrogens is 1050 g/mol. The van der Waals surface area contributed by atoms with Gasteiger partial charge >= 0.3 is 0 Å². The predicted molar refractivity (Wildman–Crippen MR) is 368 cm³/mol. The van der Waals surface area contributed by atoms with Gasteiger partial charge in [-0.3, -0.25) is 0 Å². The van der Waals surface area contributed by atoms with E-state index in [-0.39, 0.29) is 5.92 Å². The number of benzene rings is 12. The Morgan fingerprint density at radius 3 is 0.885 bits per heavy atom. The van der Waals surface area contributed by atoms with E-state index < -0.39 is 5.41 Å². The lowest BCUT2D eigenvalue weighted by atomic mass is 9.69. The van der Waals surface area contributed by atoms with Gasteiger partial charge in [0, 0.05) is 57.1 Å². The standard InChI is InChI=1S/C84H73N3/c1-54-10-27-64(28-11-54)77(65-29-12-55(2)13-30-65)49-63-26-45-76-78-48-62(9)83(87(70-39-22-60(7)23-40-70)71-41-24-61(8)25-42-71)53-82(78)84(79(76)50-63)80-51-72(85(66-31-14-56(3)15-32-66)67-33-16-57(4)17-34-67)43-46-74(80)75-47-44-73(52-81(75)84)86(68-35-18-58(5)19-36-68)69-37-20-59(6)21-38-69/h10-48,50-53,77H,49H2,1-9H3. The zero-order valence-electron chi connectivity index (χ0n) is 51.5. The number of anilines is 9. The van der Waals surface area contributed by atoms with E-state index >= 15 is 0 Å². The highest BCUT2D eigenvalue weighted by Gasteiger charge is 2.53. The van der Waals surface area contributed by atoms with Gasteiger partial charge in [-0.1, -0.05) is 196 Å². The Hall–Kier alpha value is -9.96. The van der Waals surface area contributed by atoms with Gasteiger partial charge in [0.25, 0.3) is 0 Å². The van der Waals surface area contributed by atoms with E-state index in [4.69, 9.17) is 0 Å². The molecule has 0 unspecified atom stereocenters. The number of nitrogens with zero attached hydrogens (tertiary/aromatic N) is 3. The first-order valence-electron chi connectivity index (χ1n) is 30.8. The molecule has 2 aliphatic carbocycles. The fourth-order valence-corrected chi connectivity index (χ4v) is 13.8. The van der Waals surface area contributed by atoms with Crippen molar-refractivity contribution in [3.05, 3.63) is 350 Å². The third-order valence-corrected chi connectivity index (χ3v) is 18.5. The third kappa shape index (κ3) is 9.92. The Labute approximate surface area is 515 Å². The molecule has 0 amide bonds. The van der Waals surface area contributed by atoms with Crippen LogP contribution in [0.1, 0.15) is 94.9 Å². The van der Waals surface area contributed by atoms with Crippen LogP contribution in [-0.2, 0) is 11.8 Å². The third-order valence-electron chi connectivity index (χ3n) is 18.5. The first-order chi connectivity index (χ1) is 42.3. The molecule has 3 nitrogen and oxygen atoms in total. The zero-order valence-corrected chi connectivity index (χ0v) is 51.5. The molecule has 0 heterocycles. The number of hydrogen-bond acceptors (Lipinski definition) is 3. The first kappa shape index (κ1) is 54.9. The monoisotopic (exact) mass is 1120 g/mol. The summed E-state index contributed by atoms with van der Waals surface area (Å²) in [5, 5.41) is 0. The maximum atomic E-state index is 2.62. The average Bonchev–Trinajstić information content (AvgIpc) is 1.51. The van der Waals surface area contributed by atoms with Crippen LogP contribution >= 0.6 is 0 Å². The van der Waals surface area contributed by atoms with Crippen LogP contribution in [-0.4, -0.2) is 0 Å².